The van der Waals surface area contributed by atoms with Crippen LogP contribution < -0.4 is 0 Å². The highest BCUT2D eigenvalue weighted by molar-refractivity contribution is 7.47. The zero-order chi connectivity index (χ0) is 32.9. The molecule has 9 nitrogen and oxygen atoms in total. The summed E-state index contributed by atoms with van der Waals surface area (Å²) < 4.78 is 33.9. The van der Waals surface area contributed by atoms with Crippen molar-refractivity contribution in [3.05, 3.63) is 0 Å². The van der Waals surface area contributed by atoms with Gasteiger partial charge in [0, 0.05) is 12.8 Å². The van der Waals surface area contributed by atoms with Gasteiger partial charge in [0.15, 0.2) is 6.10 Å². The number of quaternary nitrogens is 1. The van der Waals surface area contributed by atoms with Crippen LogP contribution in [0.25, 0.3) is 0 Å². The fourth-order valence-corrected chi connectivity index (χ4v) is 5.52. The molecule has 44 heavy (non-hydrogen) atoms. The lowest BCUT2D eigenvalue weighted by atomic mass is 10.0. The maximum Gasteiger partial charge on any atom is 0.472 e. The highest BCUT2D eigenvalue weighted by Crippen LogP contribution is 2.43. The van der Waals surface area contributed by atoms with Crippen molar-refractivity contribution >= 4 is 19.8 Å². The van der Waals surface area contributed by atoms with E-state index in [1.54, 1.807) is 0 Å². The van der Waals surface area contributed by atoms with Crippen molar-refractivity contribution in [2.24, 2.45) is 0 Å². The molecule has 0 saturated carbocycles. The summed E-state index contributed by atoms with van der Waals surface area (Å²) >= 11 is 0. The van der Waals surface area contributed by atoms with Crippen LogP contribution in [0.2, 0.25) is 0 Å². The van der Waals surface area contributed by atoms with E-state index >= 15 is 0 Å². The number of hydrogen-bond acceptors (Lipinski definition) is 7. The van der Waals surface area contributed by atoms with Gasteiger partial charge in [-0.05, 0) is 12.8 Å². The van der Waals surface area contributed by atoms with Gasteiger partial charge >= 0.3 is 19.8 Å². The van der Waals surface area contributed by atoms with E-state index < -0.39 is 26.5 Å². The second-order valence-corrected chi connectivity index (χ2v) is 14.7. The Morgan fingerprint density at radius 2 is 1.02 bits per heavy atom. The first-order valence-corrected chi connectivity index (χ1v) is 19.3. The van der Waals surface area contributed by atoms with Crippen LogP contribution in [0.1, 0.15) is 155 Å². The van der Waals surface area contributed by atoms with Crippen LogP contribution in [0.5, 0.6) is 0 Å². The van der Waals surface area contributed by atoms with Gasteiger partial charge in [-0.1, -0.05) is 129 Å². The van der Waals surface area contributed by atoms with Gasteiger partial charge in [-0.15, -0.1) is 0 Å². The van der Waals surface area contributed by atoms with Crippen LogP contribution in [0.3, 0.4) is 0 Å². The van der Waals surface area contributed by atoms with E-state index in [4.69, 9.17) is 18.5 Å². The van der Waals surface area contributed by atoms with Gasteiger partial charge in [0.05, 0.1) is 27.7 Å². The van der Waals surface area contributed by atoms with E-state index in [2.05, 4.69) is 13.8 Å². The lowest BCUT2D eigenvalue weighted by Crippen LogP contribution is -2.37. The van der Waals surface area contributed by atoms with E-state index in [0.717, 1.165) is 38.5 Å². The van der Waals surface area contributed by atoms with Crippen LogP contribution in [0.15, 0.2) is 0 Å². The molecule has 0 bridgehead atoms. The number of hydrogen-bond donors (Lipinski definition) is 1. The molecule has 0 aliphatic carbocycles. The molecule has 0 saturated heterocycles. The van der Waals surface area contributed by atoms with Crippen molar-refractivity contribution in [2.45, 2.75) is 161 Å². The normalized spacial score (nSPS) is 13.9. The van der Waals surface area contributed by atoms with E-state index in [9.17, 15) is 19.0 Å². The molecule has 0 aliphatic rings. The molecule has 0 aliphatic heterocycles. The summed E-state index contributed by atoms with van der Waals surface area (Å²) in [4.78, 5) is 34.9. The summed E-state index contributed by atoms with van der Waals surface area (Å²) in [6, 6.07) is 0. The largest absolute Gasteiger partial charge is 0.472 e. The Hall–Kier alpha value is -0.990. The second-order valence-electron chi connectivity index (χ2n) is 13.3. The maximum atomic E-state index is 12.5. The van der Waals surface area contributed by atoms with Crippen LogP contribution in [-0.4, -0.2) is 74.9 Å². The molecule has 262 valence electrons. The lowest BCUT2D eigenvalue weighted by Gasteiger charge is -2.24. The molecule has 0 heterocycles. The average Bonchev–Trinajstić information content (AvgIpc) is 2.95. The molecule has 1 N–H and O–H groups in total. The van der Waals surface area contributed by atoms with Gasteiger partial charge in [0.25, 0.3) is 0 Å². The third-order valence-electron chi connectivity index (χ3n) is 7.64. The van der Waals surface area contributed by atoms with E-state index in [0.29, 0.717) is 23.9 Å². The molecule has 2 atom stereocenters. The lowest BCUT2D eigenvalue weighted by molar-refractivity contribution is -0.870. The SMILES string of the molecule is CCCCCCCCCCCCCCCCC(=O)OC(COC(=O)CCCCCCCC)COP(=O)(O)OCC[N+](C)(C)C. The van der Waals surface area contributed by atoms with Crippen molar-refractivity contribution in [3.63, 3.8) is 0 Å². The molecule has 0 fully saturated rings. The molecule has 0 aromatic heterocycles. The standard InChI is InChI=1S/C34H68NO8P/c1-6-8-10-12-14-15-16-17-18-19-20-21-23-25-27-34(37)43-32(30-40-33(36)26-24-22-13-11-9-7-2)31-42-44(38,39)41-29-28-35(3,4)5/h32H,6-31H2,1-5H3/p+1. The maximum absolute atomic E-state index is 12.5. The van der Waals surface area contributed by atoms with Crippen LogP contribution in [-0.2, 0) is 32.7 Å². The summed E-state index contributed by atoms with van der Waals surface area (Å²) in [5.74, 6) is -0.803. The number of likely N-dealkylation sites (N-methyl/N-ethyl adjacent to an activating group) is 1. The molecule has 0 radical (unpaired) electrons. The van der Waals surface area contributed by atoms with Crippen LogP contribution in [0.4, 0.5) is 0 Å². The predicted octanol–water partition coefficient (Wildman–Crippen LogP) is 8.90. The quantitative estimate of drug-likeness (QED) is 0.0333. The van der Waals surface area contributed by atoms with E-state index in [1.165, 1.54) is 83.5 Å². The molecule has 0 aromatic carbocycles. The minimum atomic E-state index is -4.35. The number of phosphoric acid groups is 1. The van der Waals surface area contributed by atoms with Gasteiger partial charge in [-0.3, -0.25) is 18.6 Å². The zero-order valence-electron chi connectivity index (χ0n) is 29.2. The van der Waals surface area contributed by atoms with Crippen LogP contribution >= 0.6 is 7.82 Å². The van der Waals surface area contributed by atoms with Crippen molar-refractivity contribution in [1.29, 1.82) is 0 Å². The number of ether oxygens (including phenoxy) is 2. The third kappa shape index (κ3) is 31.0. The number of carbonyl (C=O) groups is 2. The summed E-state index contributed by atoms with van der Waals surface area (Å²) in [6.07, 6.45) is 23.1. The fourth-order valence-electron chi connectivity index (χ4n) is 4.78. The number of rotatable bonds is 32. The average molecular weight is 651 g/mol. The minimum Gasteiger partial charge on any atom is -0.462 e. The Morgan fingerprint density at radius 1 is 0.614 bits per heavy atom. The van der Waals surface area contributed by atoms with E-state index in [-0.39, 0.29) is 25.6 Å². The van der Waals surface area contributed by atoms with Crippen molar-refractivity contribution < 1.29 is 42.1 Å². The van der Waals surface area contributed by atoms with Crippen molar-refractivity contribution in [3.8, 4) is 0 Å². The topological polar surface area (TPSA) is 108 Å². The first-order valence-electron chi connectivity index (χ1n) is 17.8. The molecule has 0 amide bonds. The predicted molar refractivity (Wildman–Crippen MR) is 178 cm³/mol. The molecular formula is C34H69NO8P+. The molecule has 0 rings (SSSR count). The fraction of sp³-hybridized carbons (Fsp3) is 0.941. The zero-order valence-corrected chi connectivity index (χ0v) is 30.1. The summed E-state index contributed by atoms with van der Waals surface area (Å²) in [6.45, 7) is 4.35. The molecule has 0 spiro atoms. The Balaban J connectivity index is 4.38. The van der Waals surface area contributed by atoms with Gasteiger partial charge < -0.3 is 18.9 Å². The highest BCUT2D eigenvalue weighted by Gasteiger charge is 2.27. The smallest absolute Gasteiger partial charge is 0.462 e. The Morgan fingerprint density at radius 3 is 1.45 bits per heavy atom. The van der Waals surface area contributed by atoms with E-state index in [1.807, 2.05) is 21.1 Å². The Kier molecular flexibility index (Phi) is 27.6. The third-order valence-corrected chi connectivity index (χ3v) is 8.62. The number of esters is 2. The van der Waals surface area contributed by atoms with Crippen molar-refractivity contribution in [2.75, 3.05) is 47.5 Å². The number of nitrogens with zero attached hydrogens (tertiary/aromatic N) is 1. The highest BCUT2D eigenvalue weighted by atomic mass is 31.2. The molecular weight excluding hydrogens is 581 g/mol. The molecule has 2 unspecified atom stereocenters. The Bertz CT molecular complexity index is 743. The minimum absolute atomic E-state index is 0.0358. The summed E-state index contributed by atoms with van der Waals surface area (Å²) in [7, 11) is 1.48. The van der Waals surface area contributed by atoms with Crippen molar-refractivity contribution in [1.82, 2.24) is 0 Å². The van der Waals surface area contributed by atoms with Gasteiger partial charge in [-0.2, -0.15) is 0 Å². The summed E-state index contributed by atoms with van der Waals surface area (Å²) in [5.41, 5.74) is 0. The monoisotopic (exact) mass is 650 g/mol. The number of unbranched alkanes of at least 4 members (excludes halogenated alkanes) is 18. The second kappa shape index (κ2) is 28.3. The van der Waals surface area contributed by atoms with Gasteiger partial charge in [-0.25, -0.2) is 4.57 Å². The first-order chi connectivity index (χ1) is 21.0. The van der Waals surface area contributed by atoms with Gasteiger partial charge in [0.1, 0.15) is 19.8 Å². The first kappa shape index (κ1) is 43.0. The molecule has 0 aromatic rings. The molecule has 10 heteroatoms. The number of carbonyl (C=O) groups excluding carboxylic acids is 2. The number of phosphoric ester groups is 1. The Labute approximate surface area is 270 Å². The van der Waals surface area contributed by atoms with Gasteiger partial charge in [0.2, 0.25) is 0 Å². The van der Waals surface area contributed by atoms with Crippen LogP contribution in [0, 0.1) is 0 Å². The summed E-state index contributed by atoms with van der Waals surface area (Å²) in [5, 5.41) is 0.